The van der Waals surface area contributed by atoms with E-state index in [9.17, 15) is 14.0 Å². The summed E-state index contributed by atoms with van der Waals surface area (Å²) >= 11 is 0. The van der Waals surface area contributed by atoms with Crippen LogP contribution in [-0.2, 0) is 31.0 Å². The monoisotopic (exact) mass is 457 g/mol. The maximum atomic E-state index is 14.1. The zero-order chi connectivity index (χ0) is 23.6. The van der Waals surface area contributed by atoms with Crippen molar-refractivity contribution in [3.05, 3.63) is 106 Å². The van der Waals surface area contributed by atoms with Crippen molar-refractivity contribution in [3.8, 4) is 0 Å². The molecule has 2 bridgehead atoms. The topological polar surface area (TPSA) is 55.8 Å². The van der Waals surface area contributed by atoms with Crippen LogP contribution in [-0.4, -0.2) is 37.2 Å². The fraction of sp³-hybridized carbons (Fsp3) is 0.286. The third kappa shape index (κ3) is 2.55. The van der Waals surface area contributed by atoms with Crippen LogP contribution in [0, 0.1) is 17.7 Å². The van der Waals surface area contributed by atoms with Crippen LogP contribution in [0.25, 0.3) is 0 Å². The quantitative estimate of drug-likeness (QED) is 0.430. The van der Waals surface area contributed by atoms with Crippen molar-refractivity contribution in [1.29, 1.82) is 0 Å². The number of rotatable bonds is 5. The smallest absolute Gasteiger partial charge is 0.234 e. The van der Waals surface area contributed by atoms with Gasteiger partial charge >= 0.3 is 0 Å². The molecule has 3 aromatic rings. The molecule has 4 aliphatic rings. The summed E-state index contributed by atoms with van der Waals surface area (Å²) in [5, 5.41) is 0. The number of hydrogen-bond donors (Lipinski definition) is 0. The normalized spacial score (nSPS) is 26.6. The van der Waals surface area contributed by atoms with Crippen molar-refractivity contribution in [2.45, 2.75) is 24.2 Å². The predicted octanol–water partition coefficient (Wildman–Crippen LogP) is 3.99. The fourth-order valence-electron chi connectivity index (χ4n) is 6.69. The van der Waals surface area contributed by atoms with Crippen molar-refractivity contribution in [3.63, 3.8) is 0 Å². The van der Waals surface area contributed by atoms with Crippen molar-refractivity contribution in [2.24, 2.45) is 11.8 Å². The number of likely N-dealkylation sites (tertiary alicyclic amines) is 1. The molecule has 0 saturated carbocycles. The molecule has 0 spiro atoms. The predicted molar refractivity (Wildman–Crippen MR) is 122 cm³/mol. The molecule has 2 amide bonds. The highest BCUT2D eigenvalue weighted by Crippen LogP contribution is 2.65. The molecule has 1 fully saturated rings. The van der Waals surface area contributed by atoms with E-state index in [0.717, 1.165) is 22.3 Å². The highest BCUT2D eigenvalue weighted by atomic mass is 19.1. The van der Waals surface area contributed by atoms with Crippen LogP contribution in [0.4, 0.5) is 4.39 Å². The van der Waals surface area contributed by atoms with Crippen LogP contribution < -0.4 is 0 Å². The van der Waals surface area contributed by atoms with Gasteiger partial charge in [0.15, 0.2) is 6.29 Å². The Labute approximate surface area is 197 Å². The molecule has 5 nitrogen and oxygen atoms in total. The molecule has 3 aliphatic carbocycles. The number of nitrogens with zero attached hydrogens (tertiary/aromatic N) is 1. The Balaban J connectivity index is 1.58. The zero-order valence-corrected chi connectivity index (χ0v) is 18.9. The van der Waals surface area contributed by atoms with E-state index < -0.39 is 23.5 Å². The summed E-state index contributed by atoms with van der Waals surface area (Å²) < 4.78 is 25.2. The fourth-order valence-corrected chi connectivity index (χ4v) is 6.69. The number of carbonyl (C=O) groups excluding carboxylic acids is 2. The lowest BCUT2D eigenvalue weighted by Crippen LogP contribution is -2.60. The molecule has 3 aromatic carbocycles. The van der Waals surface area contributed by atoms with Gasteiger partial charge < -0.3 is 9.47 Å². The zero-order valence-electron chi connectivity index (χ0n) is 18.9. The Hall–Kier alpha value is -3.35. The summed E-state index contributed by atoms with van der Waals surface area (Å²) in [4.78, 5) is 29.4. The molecular formula is C28H24FNO4. The molecule has 34 heavy (non-hydrogen) atoms. The SMILES string of the molecule is COC(OC)C12c3ccccc3C(c3ccccc31)[C@@H]1C(=O)N(Cc3ccc(F)cc3)C(=O)[C@H]12. The third-order valence-corrected chi connectivity index (χ3v) is 7.83. The lowest BCUT2D eigenvalue weighted by Gasteiger charge is -2.56. The number of hydrogen-bond acceptors (Lipinski definition) is 4. The standard InChI is InChI=1S/C28H24FNO4/c1-33-27(34-2)28-20-9-5-3-7-18(20)22(19-8-4-6-10-21(19)28)23-24(28)26(32)30(25(23)31)15-16-11-13-17(29)14-12-16/h3-14,22-24,27H,15H2,1-2H3/t22?,23-,24-,28?/m0/s1. The van der Waals surface area contributed by atoms with Gasteiger partial charge in [-0.3, -0.25) is 14.5 Å². The van der Waals surface area contributed by atoms with Crippen molar-refractivity contribution in [2.75, 3.05) is 14.2 Å². The summed E-state index contributed by atoms with van der Waals surface area (Å²) in [6, 6.07) is 21.9. The first-order chi connectivity index (χ1) is 16.5. The first-order valence-electron chi connectivity index (χ1n) is 11.4. The lowest BCUT2D eigenvalue weighted by atomic mass is 9.47. The van der Waals surface area contributed by atoms with Gasteiger partial charge in [-0.15, -0.1) is 0 Å². The number of ether oxygens (including phenoxy) is 2. The van der Waals surface area contributed by atoms with E-state index >= 15 is 0 Å². The van der Waals surface area contributed by atoms with Gasteiger partial charge in [-0.1, -0.05) is 60.7 Å². The molecule has 6 heteroatoms. The average molecular weight is 458 g/mol. The van der Waals surface area contributed by atoms with Gasteiger partial charge in [0.1, 0.15) is 5.82 Å². The van der Waals surface area contributed by atoms with Gasteiger partial charge in [0.05, 0.1) is 23.8 Å². The van der Waals surface area contributed by atoms with E-state index in [4.69, 9.17) is 9.47 Å². The number of benzene rings is 3. The van der Waals surface area contributed by atoms with Crippen LogP contribution in [0.1, 0.15) is 33.7 Å². The molecule has 0 aromatic heterocycles. The highest BCUT2D eigenvalue weighted by molar-refractivity contribution is 6.08. The number of carbonyl (C=O) groups is 2. The molecule has 1 heterocycles. The van der Waals surface area contributed by atoms with E-state index in [-0.39, 0.29) is 30.1 Å². The second kappa shape index (κ2) is 7.58. The van der Waals surface area contributed by atoms with E-state index in [0.29, 0.717) is 5.56 Å². The van der Waals surface area contributed by atoms with Gasteiger partial charge in [-0.25, -0.2) is 4.39 Å². The number of amides is 2. The molecule has 0 unspecified atom stereocenters. The third-order valence-electron chi connectivity index (χ3n) is 7.83. The van der Waals surface area contributed by atoms with Gasteiger partial charge in [-0.2, -0.15) is 0 Å². The summed E-state index contributed by atoms with van der Waals surface area (Å²) in [7, 11) is 3.14. The molecular weight excluding hydrogens is 433 g/mol. The van der Waals surface area contributed by atoms with Crippen LogP contribution in [0.5, 0.6) is 0 Å². The largest absolute Gasteiger partial charge is 0.355 e. The molecule has 1 saturated heterocycles. The average Bonchev–Trinajstić information content (AvgIpc) is 3.12. The second-order valence-electron chi connectivity index (χ2n) is 9.22. The Morgan fingerprint density at radius 1 is 0.853 bits per heavy atom. The Morgan fingerprint density at radius 2 is 1.41 bits per heavy atom. The molecule has 172 valence electrons. The molecule has 0 N–H and O–H groups in total. The molecule has 7 rings (SSSR count). The number of halogens is 1. The minimum absolute atomic E-state index is 0.102. The summed E-state index contributed by atoms with van der Waals surface area (Å²) in [6.07, 6.45) is -0.772. The summed E-state index contributed by atoms with van der Waals surface area (Å²) in [5.74, 6) is -2.27. The summed E-state index contributed by atoms with van der Waals surface area (Å²) in [5.41, 5.74) is 3.74. The van der Waals surface area contributed by atoms with Gasteiger partial charge in [0.25, 0.3) is 0 Å². The second-order valence-corrected chi connectivity index (χ2v) is 9.22. The van der Waals surface area contributed by atoms with Crippen LogP contribution in [0.2, 0.25) is 0 Å². The van der Waals surface area contributed by atoms with Crippen LogP contribution in [0.3, 0.4) is 0 Å². The van der Waals surface area contributed by atoms with Gasteiger partial charge in [0, 0.05) is 20.1 Å². The maximum Gasteiger partial charge on any atom is 0.234 e. The molecule has 0 radical (unpaired) electrons. The highest BCUT2D eigenvalue weighted by Gasteiger charge is 2.70. The van der Waals surface area contributed by atoms with E-state index in [1.807, 2.05) is 48.5 Å². The maximum absolute atomic E-state index is 14.1. The van der Waals surface area contributed by atoms with Gasteiger partial charge in [0.2, 0.25) is 11.8 Å². The van der Waals surface area contributed by atoms with E-state index in [1.54, 1.807) is 26.4 Å². The van der Waals surface area contributed by atoms with E-state index in [2.05, 4.69) is 0 Å². The Bertz CT molecular complexity index is 1250. The minimum atomic E-state index is -0.972. The first-order valence-corrected chi connectivity index (χ1v) is 11.4. The lowest BCUT2D eigenvalue weighted by molar-refractivity contribution is -0.169. The number of imide groups is 1. The molecule has 1 aliphatic heterocycles. The first kappa shape index (κ1) is 21.2. The number of methoxy groups -OCH3 is 2. The Kier molecular flexibility index (Phi) is 4.73. The van der Waals surface area contributed by atoms with Crippen LogP contribution in [0.15, 0.2) is 72.8 Å². The van der Waals surface area contributed by atoms with Crippen molar-refractivity contribution < 1.29 is 23.5 Å². The van der Waals surface area contributed by atoms with E-state index in [1.165, 1.54) is 17.0 Å². The van der Waals surface area contributed by atoms with Crippen molar-refractivity contribution >= 4 is 11.8 Å². The van der Waals surface area contributed by atoms with Gasteiger partial charge in [-0.05, 0) is 39.9 Å². The minimum Gasteiger partial charge on any atom is -0.355 e. The van der Waals surface area contributed by atoms with Crippen LogP contribution >= 0.6 is 0 Å². The van der Waals surface area contributed by atoms with Crippen molar-refractivity contribution in [1.82, 2.24) is 4.90 Å². The molecule has 2 atom stereocenters. The Morgan fingerprint density at radius 3 is 1.97 bits per heavy atom. The summed E-state index contributed by atoms with van der Waals surface area (Å²) in [6.45, 7) is 0.102.